The summed E-state index contributed by atoms with van der Waals surface area (Å²) >= 11 is 0. The van der Waals surface area contributed by atoms with Crippen molar-refractivity contribution in [3.63, 3.8) is 0 Å². The SMILES string of the molecule is Cc1ccc(CN)cc1OCCn1cccn1. The Bertz CT molecular complexity index is 466. The Kier molecular flexibility index (Phi) is 3.77. The lowest BCUT2D eigenvalue weighted by atomic mass is 10.1. The molecule has 90 valence electrons. The fraction of sp³-hybridized carbons (Fsp3) is 0.308. The van der Waals surface area contributed by atoms with Gasteiger partial charge in [-0.1, -0.05) is 12.1 Å². The molecule has 4 heteroatoms. The van der Waals surface area contributed by atoms with Crippen LogP contribution in [-0.4, -0.2) is 16.4 Å². The van der Waals surface area contributed by atoms with Crippen LogP contribution in [0.5, 0.6) is 5.75 Å². The van der Waals surface area contributed by atoms with E-state index in [4.69, 9.17) is 10.5 Å². The van der Waals surface area contributed by atoms with E-state index in [1.165, 1.54) is 0 Å². The van der Waals surface area contributed by atoms with Gasteiger partial charge in [-0.2, -0.15) is 5.10 Å². The second-order valence-corrected chi connectivity index (χ2v) is 3.92. The molecule has 2 N–H and O–H groups in total. The van der Waals surface area contributed by atoms with Crippen molar-refractivity contribution in [3.05, 3.63) is 47.8 Å². The van der Waals surface area contributed by atoms with Gasteiger partial charge in [-0.3, -0.25) is 4.68 Å². The van der Waals surface area contributed by atoms with Crippen LogP contribution in [0.25, 0.3) is 0 Å². The predicted molar refractivity (Wildman–Crippen MR) is 66.8 cm³/mol. The Morgan fingerprint density at radius 2 is 2.29 bits per heavy atom. The Morgan fingerprint density at radius 3 is 3.00 bits per heavy atom. The van der Waals surface area contributed by atoms with Gasteiger partial charge in [0.1, 0.15) is 12.4 Å². The maximum atomic E-state index is 5.74. The fourth-order valence-corrected chi connectivity index (χ4v) is 1.61. The lowest BCUT2D eigenvalue weighted by molar-refractivity contribution is 0.289. The highest BCUT2D eigenvalue weighted by molar-refractivity contribution is 5.36. The van der Waals surface area contributed by atoms with Crippen molar-refractivity contribution in [2.45, 2.75) is 20.0 Å². The van der Waals surface area contributed by atoms with Gasteiger partial charge in [-0.15, -0.1) is 0 Å². The van der Waals surface area contributed by atoms with Gasteiger partial charge in [0.25, 0.3) is 0 Å². The number of nitrogens with two attached hydrogens (primary N) is 1. The Balaban J connectivity index is 1.94. The van der Waals surface area contributed by atoms with Gasteiger partial charge in [-0.05, 0) is 30.2 Å². The first-order chi connectivity index (χ1) is 8.29. The normalized spacial score (nSPS) is 10.5. The zero-order valence-electron chi connectivity index (χ0n) is 9.97. The average Bonchev–Trinajstić information content (AvgIpc) is 2.84. The second-order valence-electron chi connectivity index (χ2n) is 3.92. The van der Waals surface area contributed by atoms with Crippen molar-refractivity contribution < 1.29 is 4.74 Å². The molecule has 0 aliphatic carbocycles. The number of hydrogen-bond donors (Lipinski definition) is 1. The first kappa shape index (κ1) is 11.7. The van der Waals surface area contributed by atoms with E-state index >= 15 is 0 Å². The third kappa shape index (κ3) is 3.07. The van der Waals surface area contributed by atoms with E-state index in [2.05, 4.69) is 5.10 Å². The molecule has 0 fully saturated rings. The third-order valence-electron chi connectivity index (χ3n) is 2.63. The first-order valence-corrected chi connectivity index (χ1v) is 5.69. The van der Waals surface area contributed by atoms with Gasteiger partial charge in [0.15, 0.2) is 0 Å². The molecule has 0 aliphatic heterocycles. The van der Waals surface area contributed by atoms with Gasteiger partial charge in [-0.25, -0.2) is 0 Å². The van der Waals surface area contributed by atoms with Gasteiger partial charge < -0.3 is 10.5 Å². The number of rotatable bonds is 5. The van der Waals surface area contributed by atoms with Crippen molar-refractivity contribution in [2.24, 2.45) is 5.73 Å². The molecule has 2 aromatic rings. The Labute approximate surface area is 101 Å². The van der Waals surface area contributed by atoms with Crippen molar-refractivity contribution in [1.82, 2.24) is 9.78 Å². The highest BCUT2D eigenvalue weighted by Crippen LogP contribution is 2.19. The fourth-order valence-electron chi connectivity index (χ4n) is 1.61. The molecule has 0 saturated carbocycles. The van der Waals surface area contributed by atoms with Crippen LogP contribution in [-0.2, 0) is 13.1 Å². The van der Waals surface area contributed by atoms with E-state index < -0.39 is 0 Å². The summed E-state index contributed by atoms with van der Waals surface area (Å²) < 4.78 is 7.59. The van der Waals surface area contributed by atoms with Crippen LogP contribution >= 0.6 is 0 Å². The van der Waals surface area contributed by atoms with E-state index in [1.807, 2.05) is 42.1 Å². The first-order valence-electron chi connectivity index (χ1n) is 5.69. The molecule has 0 saturated heterocycles. The highest BCUT2D eigenvalue weighted by atomic mass is 16.5. The zero-order valence-corrected chi connectivity index (χ0v) is 9.97. The lowest BCUT2D eigenvalue weighted by Crippen LogP contribution is -2.09. The van der Waals surface area contributed by atoms with Crippen molar-refractivity contribution in [2.75, 3.05) is 6.61 Å². The minimum atomic E-state index is 0.537. The molecule has 0 aliphatic rings. The quantitative estimate of drug-likeness (QED) is 0.852. The number of hydrogen-bond acceptors (Lipinski definition) is 3. The van der Waals surface area contributed by atoms with Gasteiger partial charge in [0.05, 0.1) is 6.54 Å². The van der Waals surface area contributed by atoms with Crippen LogP contribution < -0.4 is 10.5 Å². The monoisotopic (exact) mass is 231 g/mol. The molecular formula is C13H17N3O. The number of aryl methyl sites for hydroxylation is 1. The summed E-state index contributed by atoms with van der Waals surface area (Å²) in [5.74, 6) is 0.903. The molecule has 17 heavy (non-hydrogen) atoms. The topological polar surface area (TPSA) is 53.1 Å². The molecular weight excluding hydrogens is 214 g/mol. The summed E-state index contributed by atoms with van der Waals surface area (Å²) in [5, 5.41) is 4.12. The van der Waals surface area contributed by atoms with Crippen LogP contribution in [0.3, 0.4) is 0 Å². The molecule has 1 heterocycles. The predicted octanol–water partition coefficient (Wildman–Crippen LogP) is 1.73. The van der Waals surface area contributed by atoms with Crippen molar-refractivity contribution >= 4 is 0 Å². The van der Waals surface area contributed by atoms with Crippen LogP contribution in [0, 0.1) is 6.92 Å². The summed E-state index contributed by atoms with van der Waals surface area (Å²) in [6.45, 7) is 3.93. The Hall–Kier alpha value is -1.81. The Morgan fingerprint density at radius 1 is 1.41 bits per heavy atom. The summed E-state index contributed by atoms with van der Waals surface area (Å²) in [7, 11) is 0. The summed E-state index contributed by atoms with van der Waals surface area (Å²) in [6, 6.07) is 7.96. The lowest BCUT2D eigenvalue weighted by Gasteiger charge is -2.10. The number of ether oxygens (including phenoxy) is 1. The van der Waals surface area contributed by atoms with Crippen LogP contribution in [0.1, 0.15) is 11.1 Å². The molecule has 0 bridgehead atoms. The summed E-state index contributed by atoms with van der Waals surface area (Å²) in [5.41, 5.74) is 7.82. The number of benzene rings is 1. The molecule has 0 atom stereocenters. The molecule has 0 amide bonds. The number of nitrogens with zero attached hydrogens (tertiary/aromatic N) is 2. The van der Waals surface area contributed by atoms with Crippen LogP contribution in [0.2, 0.25) is 0 Å². The van der Waals surface area contributed by atoms with Crippen LogP contribution in [0.15, 0.2) is 36.7 Å². The maximum absolute atomic E-state index is 5.74. The van der Waals surface area contributed by atoms with Crippen molar-refractivity contribution in [3.8, 4) is 5.75 Å². The van der Waals surface area contributed by atoms with E-state index in [-0.39, 0.29) is 0 Å². The molecule has 0 unspecified atom stereocenters. The van der Waals surface area contributed by atoms with E-state index in [1.54, 1.807) is 6.20 Å². The van der Waals surface area contributed by atoms with E-state index in [0.717, 1.165) is 23.4 Å². The minimum Gasteiger partial charge on any atom is -0.491 e. The molecule has 0 radical (unpaired) electrons. The maximum Gasteiger partial charge on any atom is 0.122 e. The largest absolute Gasteiger partial charge is 0.491 e. The summed E-state index contributed by atoms with van der Waals surface area (Å²) in [6.07, 6.45) is 3.69. The molecule has 2 rings (SSSR count). The highest BCUT2D eigenvalue weighted by Gasteiger charge is 2.01. The number of aromatic nitrogens is 2. The average molecular weight is 231 g/mol. The molecule has 4 nitrogen and oxygen atoms in total. The smallest absolute Gasteiger partial charge is 0.122 e. The van der Waals surface area contributed by atoms with Crippen LogP contribution in [0.4, 0.5) is 0 Å². The van der Waals surface area contributed by atoms with E-state index in [9.17, 15) is 0 Å². The third-order valence-corrected chi connectivity index (χ3v) is 2.63. The molecule has 0 spiro atoms. The van der Waals surface area contributed by atoms with Crippen molar-refractivity contribution in [1.29, 1.82) is 0 Å². The second kappa shape index (κ2) is 5.50. The van der Waals surface area contributed by atoms with Gasteiger partial charge in [0, 0.05) is 18.9 Å². The van der Waals surface area contributed by atoms with Gasteiger partial charge in [0.2, 0.25) is 0 Å². The molecule has 1 aromatic heterocycles. The molecule has 1 aromatic carbocycles. The van der Waals surface area contributed by atoms with Gasteiger partial charge >= 0.3 is 0 Å². The van der Waals surface area contributed by atoms with E-state index in [0.29, 0.717) is 13.2 Å². The minimum absolute atomic E-state index is 0.537. The zero-order chi connectivity index (χ0) is 12.1. The standard InChI is InChI=1S/C13H17N3O/c1-11-3-4-12(10-14)9-13(11)17-8-7-16-6-2-5-15-16/h2-6,9H,7-8,10,14H2,1H3. The summed E-state index contributed by atoms with van der Waals surface area (Å²) in [4.78, 5) is 0.